The van der Waals surface area contributed by atoms with Crippen LogP contribution in [0.25, 0.3) is 0 Å². The van der Waals surface area contributed by atoms with Gasteiger partial charge in [-0.15, -0.1) is 0 Å². The van der Waals surface area contributed by atoms with Gasteiger partial charge in [0.25, 0.3) is 0 Å². The van der Waals surface area contributed by atoms with Crippen molar-refractivity contribution in [3.63, 3.8) is 0 Å². The Bertz CT molecular complexity index is 759. The van der Waals surface area contributed by atoms with Gasteiger partial charge in [0.2, 0.25) is 5.91 Å². The zero-order chi connectivity index (χ0) is 17.1. The summed E-state index contributed by atoms with van der Waals surface area (Å²) in [6, 6.07) is 8.64. The molecule has 6 nitrogen and oxygen atoms in total. The predicted octanol–water partition coefficient (Wildman–Crippen LogP) is 2.28. The Morgan fingerprint density at radius 2 is 2.12 bits per heavy atom. The summed E-state index contributed by atoms with van der Waals surface area (Å²) in [6.45, 7) is 0.864. The lowest BCUT2D eigenvalue weighted by molar-refractivity contribution is -0.117. The van der Waals surface area contributed by atoms with E-state index in [4.69, 9.17) is 11.6 Å². The Kier molecular flexibility index (Phi) is 4.76. The van der Waals surface area contributed by atoms with Crippen molar-refractivity contribution in [2.75, 3.05) is 11.4 Å². The highest BCUT2D eigenvalue weighted by molar-refractivity contribution is 6.33. The average molecular weight is 347 g/mol. The van der Waals surface area contributed by atoms with E-state index in [0.29, 0.717) is 23.8 Å². The second-order valence-electron chi connectivity index (χ2n) is 5.87. The third-order valence-electron chi connectivity index (χ3n) is 3.95. The minimum absolute atomic E-state index is 0.0449. The van der Waals surface area contributed by atoms with Crippen LogP contribution in [0.1, 0.15) is 12.0 Å². The average Bonchev–Trinajstić information content (AvgIpc) is 3.11. The molecule has 1 aromatic heterocycles. The number of halogens is 1. The van der Waals surface area contributed by atoms with Gasteiger partial charge >= 0.3 is 6.03 Å². The first kappa shape index (κ1) is 16.4. The molecule has 0 radical (unpaired) electrons. The normalized spacial score (nSPS) is 17.2. The van der Waals surface area contributed by atoms with Crippen molar-refractivity contribution in [3.05, 3.63) is 53.3 Å². The van der Waals surface area contributed by atoms with Crippen LogP contribution in [-0.2, 0) is 18.4 Å². The molecule has 24 heavy (non-hydrogen) atoms. The summed E-state index contributed by atoms with van der Waals surface area (Å²) in [5.74, 6) is -0.0449. The molecule has 0 spiro atoms. The highest BCUT2D eigenvalue weighted by Crippen LogP contribution is 2.28. The van der Waals surface area contributed by atoms with Crippen LogP contribution in [0.5, 0.6) is 0 Å². The minimum Gasteiger partial charge on any atom is -0.357 e. The van der Waals surface area contributed by atoms with E-state index in [1.807, 2.05) is 42.2 Å². The molecular weight excluding hydrogens is 328 g/mol. The van der Waals surface area contributed by atoms with E-state index in [1.54, 1.807) is 17.0 Å². The van der Waals surface area contributed by atoms with Gasteiger partial charge < -0.3 is 20.1 Å². The van der Waals surface area contributed by atoms with Gasteiger partial charge in [-0.2, -0.15) is 0 Å². The molecule has 1 saturated heterocycles. The molecule has 126 valence electrons. The van der Waals surface area contributed by atoms with Crippen LogP contribution in [-0.4, -0.2) is 29.1 Å². The lowest BCUT2D eigenvalue weighted by Gasteiger charge is -2.18. The van der Waals surface area contributed by atoms with Gasteiger partial charge in [-0.25, -0.2) is 4.79 Å². The summed E-state index contributed by atoms with van der Waals surface area (Å²) >= 11 is 6.15. The number of carbonyl (C=O) groups excluding carboxylic acids is 2. The zero-order valence-electron chi connectivity index (χ0n) is 13.3. The van der Waals surface area contributed by atoms with E-state index >= 15 is 0 Å². The number of anilines is 1. The Morgan fingerprint density at radius 3 is 2.83 bits per heavy atom. The van der Waals surface area contributed by atoms with Gasteiger partial charge in [0.1, 0.15) is 0 Å². The SMILES string of the molecule is Cn1ccc(CNC(=O)N[C@H]2CC(=O)N(c3ccccc3Cl)C2)c1. The molecule has 1 aliphatic rings. The number of hydrogen-bond donors (Lipinski definition) is 2. The van der Waals surface area contributed by atoms with Gasteiger partial charge in [0.05, 0.1) is 16.8 Å². The molecule has 2 aromatic rings. The highest BCUT2D eigenvalue weighted by Gasteiger charge is 2.32. The van der Waals surface area contributed by atoms with E-state index in [9.17, 15) is 9.59 Å². The smallest absolute Gasteiger partial charge is 0.315 e. The number of benzene rings is 1. The van der Waals surface area contributed by atoms with Crippen molar-refractivity contribution < 1.29 is 9.59 Å². The molecule has 2 N–H and O–H groups in total. The maximum absolute atomic E-state index is 12.2. The fourth-order valence-electron chi connectivity index (χ4n) is 2.79. The Balaban J connectivity index is 1.54. The number of hydrogen-bond acceptors (Lipinski definition) is 2. The zero-order valence-corrected chi connectivity index (χ0v) is 14.1. The number of aryl methyl sites for hydroxylation is 1. The van der Waals surface area contributed by atoms with Crippen molar-refractivity contribution in [2.24, 2.45) is 7.05 Å². The fraction of sp³-hybridized carbons (Fsp3) is 0.294. The van der Waals surface area contributed by atoms with E-state index in [-0.39, 0.29) is 24.4 Å². The first-order valence-electron chi connectivity index (χ1n) is 7.73. The summed E-state index contributed by atoms with van der Waals surface area (Å²) < 4.78 is 1.92. The van der Waals surface area contributed by atoms with E-state index < -0.39 is 0 Å². The minimum atomic E-state index is -0.280. The van der Waals surface area contributed by atoms with Gasteiger partial charge in [-0.1, -0.05) is 23.7 Å². The Hall–Kier alpha value is -2.47. The summed E-state index contributed by atoms with van der Waals surface area (Å²) in [5.41, 5.74) is 1.70. The monoisotopic (exact) mass is 346 g/mol. The summed E-state index contributed by atoms with van der Waals surface area (Å²) in [6.07, 6.45) is 4.13. The van der Waals surface area contributed by atoms with E-state index in [1.165, 1.54) is 0 Å². The fourth-order valence-corrected chi connectivity index (χ4v) is 3.03. The van der Waals surface area contributed by atoms with Gasteiger partial charge in [-0.3, -0.25) is 4.79 Å². The maximum Gasteiger partial charge on any atom is 0.315 e. The number of urea groups is 1. The molecule has 1 fully saturated rings. The first-order valence-corrected chi connectivity index (χ1v) is 8.11. The lowest BCUT2D eigenvalue weighted by Crippen LogP contribution is -2.43. The van der Waals surface area contributed by atoms with Crippen molar-refractivity contribution >= 4 is 29.2 Å². The first-order chi connectivity index (χ1) is 11.5. The molecule has 1 atom stereocenters. The lowest BCUT2D eigenvalue weighted by atomic mass is 10.2. The van der Waals surface area contributed by atoms with Gasteiger partial charge in [-0.05, 0) is 23.8 Å². The van der Waals surface area contributed by atoms with Crippen molar-refractivity contribution in [2.45, 2.75) is 19.0 Å². The molecule has 3 amide bonds. The van der Waals surface area contributed by atoms with Crippen molar-refractivity contribution in [3.8, 4) is 0 Å². The highest BCUT2D eigenvalue weighted by atomic mass is 35.5. The topological polar surface area (TPSA) is 66.4 Å². The molecule has 7 heteroatoms. The number of nitrogens with zero attached hydrogens (tertiary/aromatic N) is 2. The van der Waals surface area contributed by atoms with Crippen LogP contribution < -0.4 is 15.5 Å². The van der Waals surface area contributed by atoms with Crippen LogP contribution in [0.15, 0.2) is 42.7 Å². The molecular formula is C17H19ClN4O2. The van der Waals surface area contributed by atoms with E-state index in [0.717, 1.165) is 5.56 Å². The van der Waals surface area contributed by atoms with Crippen LogP contribution in [0, 0.1) is 0 Å². The van der Waals surface area contributed by atoms with Crippen molar-refractivity contribution in [1.29, 1.82) is 0 Å². The molecule has 1 aliphatic heterocycles. The summed E-state index contributed by atoms with van der Waals surface area (Å²) in [4.78, 5) is 25.8. The Labute approximate surface area is 145 Å². The molecule has 0 aliphatic carbocycles. The molecule has 0 saturated carbocycles. The molecule has 0 unspecified atom stereocenters. The predicted molar refractivity (Wildman–Crippen MR) is 93.0 cm³/mol. The number of rotatable bonds is 4. The second kappa shape index (κ2) is 6.97. The largest absolute Gasteiger partial charge is 0.357 e. The van der Waals surface area contributed by atoms with Gasteiger partial charge in [0.15, 0.2) is 0 Å². The Morgan fingerprint density at radius 1 is 1.33 bits per heavy atom. The second-order valence-corrected chi connectivity index (χ2v) is 6.28. The third-order valence-corrected chi connectivity index (χ3v) is 4.27. The number of amides is 3. The third kappa shape index (κ3) is 3.71. The number of carbonyl (C=O) groups is 2. The number of nitrogens with one attached hydrogen (secondary N) is 2. The quantitative estimate of drug-likeness (QED) is 0.892. The molecule has 0 bridgehead atoms. The number of para-hydroxylation sites is 1. The molecule has 2 heterocycles. The van der Waals surface area contributed by atoms with Crippen LogP contribution >= 0.6 is 11.6 Å². The summed E-state index contributed by atoms with van der Waals surface area (Å²) in [7, 11) is 1.93. The van der Waals surface area contributed by atoms with Crippen molar-refractivity contribution in [1.82, 2.24) is 15.2 Å². The van der Waals surface area contributed by atoms with Crippen LogP contribution in [0.4, 0.5) is 10.5 Å². The molecule has 1 aromatic carbocycles. The standard InChI is InChI=1S/C17H19ClN4O2/c1-21-7-6-12(10-21)9-19-17(24)20-13-8-16(23)22(11-13)15-5-3-2-4-14(15)18/h2-7,10,13H,8-9,11H2,1H3,(H2,19,20,24)/t13-/m0/s1. The van der Waals surface area contributed by atoms with Crippen LogP contribution in [0.2, 0.25) is 5.02 Å². The summed E-state index contributed by atoms with van der Waals surface area (Å²) in [5, 5.41) is 6.17. The van der Waals surface area contributed by atoms with Crippen LogP contribution in [0.3, 0.4) is 0 Å². The van der Waals surface area contributed by atoms with Gasteiger partial charge in [0, 0.05) is 39.0 Å². The maximum atomic E-state index is 12.2. The molecule has 3 rings (SSSR count). The van der Waals surface area contributed by atoms with E-state index in [2.05, 4.69) is 10.6 Å². The number of aromatic nitrogens is 1.